The second-order valence-electron chi connectivity index (χ2n) is 4.52. The van der Waals surface area contributed by atoms with E-state index in [-0.39, 0.29) is 24.8 Å². The fourth-order valence-electron chi connectivity index (χ4n) is 2.26. The Morgan fingerprint density at radius 1 is 1.11 bits per heavy atom. The Kier molecular flexibility index (Phi) is 9.42. The molecular weight excluding hydrogens is 269 g/mol. The van der Waals surface area contributed by atoms with Crippen molar-refractivity contribution in [3.63, 3.8) is 0 Å². The van der Waals surface area contributed by atoms with Gasteiger partial charge in [0.2, 0.25) is 0 Å². The van der Waals surface area contributed by atoms with E-state index in [4.69, 9.17) is 5.84 Å². The Hall–Kier alpha value is -0.320. The van der Waals surface area contributed by atoms with Crippen molar-refractivity contribution < 1.29 is 0 Å². The lowest BCUT2D eigenvalue weighted by Crippen LogP contribution is -2.45. The van der Waals surface area contributed by atoms with Gasteiger partial charge in [-0.05, 0) is 37.9 Å². The van der Waals surface area contributed by atoms with Crippen molar-refractivity contribution in [3.8, 4) is 0 Å². The highest BCUT2D eigenvalue weighted by Gasteiger charge is 2.17. The molecule has 0 bridgehead atoms. The maximum absolute atomic E-state index is 5.45. The zero-order valence-electron chi connectivity index (χ0n) is 10.5. The Balaban J connectivity index is 0.00000144. The molecule has 0 aromatic heterocycles. The first-order valence-corrected chi connectivity index (χ1v) is 6.11. The highest BCUT2D eigenvalue weighted by atomic mass is 35.5. The maximum Gasteiger partial charge on any atom is 0.0234 e. The summed E-state index contributed by atoms with van der Waals surface area (Å²) in [6.07, 6.45) is 3.50. The molecule has 0 atom stereocenters. The Morgan fingerprint density at radius 2 is 1.72 bits per heavy atom. The Morgan fingerprint density at radius 3 is 2.28 bits per heavy atom. The number of nitrogens with two attached hydrogens (primary N) is 1. The van der Waals surface area contributed by atoms with Gasteiger partial charge in [-0.15, -0.1) is 24.8 Å². The van der Waals surface area contributed by atoms with Crippen LogP contribution in [0.2, 0.25) is 0 Å². The molecular formula is C13H23Cl2N3. The summed E-state index contributed by atoms with van der Waals surface area (Å²) in [4.78, 5) is 2.53. The molecule has 0 amide bonds. The third-order valence-corrected chi connectivity index (χ3v) is 3.38. The van der Waals surface area contributed by atoms with Gasteiger partial charge in [-0.25, -0.2) is 0 Å². The summed E-state index contributed by atoms with van der Waals surface area (Å²) >= 11 is 0. The molecule has 1 aliphatic heterocycles. The summed E-state index contributed by atoms with van der Waals surface area (Å²) in [5.41, 5.74) is 4.30. The zero-order valence-corrected chi connectivity index (χ0v) is 12.2. The first-order chi connectivity index (χ1) is 7.88. The number of halogens is 2. The molecule has 1 aromatic carbocycles. The van der Waals surface area contributed by atoms with Crippen molar-refractivity contribution in [3.05, 3.63) is 35.9 Å². The van der Waals surface area contributed by atoms with Crippen molar-refractivity contribution in [2.24, 2.45) is 5.84 Å². The molecule has 5 heteroatoms. The molecule has 104 valence electrons. The van der Waals surface area contributed by atoms with Crippen LogP contribution >= 0.6 is 24.8 Å². The largest absolute Gasteiger partial charge is 0.303 e. The number of hydrazine groups is 1. The van der Waals surface area contributed by atoms with Gasteiger partial charge < -0.3 is 4.90 Å². The van der Waals surface area contributed by atoms with Crippen molar-refractivity contribution in [2.75, 3.05) is 19.6 Å². The van der Waals surface area contributed by atoms with Gasteiger partial charge in [0.15, 0.2) is 0 Å². The molecule has 0 aliphatic carbocycles. The number of likely N-dealkylation sites (tertiary alicyclic amines) is 1. The smallest absolute Gasteiger partial charge is 0.0234 e. The maximum atomic E-state index is 5.45. The van der Waals surface area contributed by atoms with E-state index in [1.807, 2.05) is 0 Å². The van der Waals surface area contributed by atoms with Gasteiger partial charge in [-0.3, -0.25) is 11.3 Å². The monoisotopic (exact) mass is 291 g/mol. The van der Waals surface area contributed by atoms with Gasteiger partial charge in [0.25, 0.3) is 0 Å². The summed E-state index contributed by atoms with van der Waals surface area (Å²) in [5, 5.41) is 0. The minimum Gasteiger partial charge on any atom is -0.303 e. The average molecular weight is 292 g/mol. The number of benzene rings is 1. The summed E-state index contributed by atoms with van der Waals surface area (Å²) in [6.45, 7) is 3.50. The number of nitrogens with one attached hydrogen (secondary N) is 1. The van der Waals surface area contributed by atoms with Crippen molar-refractivity contribution in [1.82, 2.24) is 10.3 Å². The van der Waals surface area contributed by atoms with E-state index in [9.17, 15) is 0 Å². The quantitative estimate of drug-likeness (QED) is 0.659. The van der Waals surface area contributed by atoms with Gasteiger partial charge in [0.1, 0.15) is 0 Å². The fraction of sp³-hybridized carbons (Fsp3) is 0.538. The van der Waals surface area contributed by atoms with E-state index < -0.39 is 0 Å². The lowest BCUT2D eigenvalue weighted by atomic mass is 10.0. The van der Waals surface area contributed by atoms with Crippen LogP contribution in [0, 0.1) is 0 Å². The zero-order chi connectivity index (χ0) is 11.2. The third-order valence-electron chi connectivity index (χ3n) is 3.38. The van der Waals surface area contributed by atoms with E-state index in [1.165, 1.54) is 38.0 Å². The minimum atomic E-state index is 0. The first-order valence-electron chi connectivity index (χ1n) is 6.11. The predicted molar refractivity (Wildman–Crippen MR) is 81.4 cm³/mol. The first kappa shape index (κ1) is 17.7. The van der Waals surface area contributed by atoms with E-state index in [2.05, 4.69) is 40.7 Å². The molecule has 1 heterocycles. The fourth-order valence-corrected chi connectivity index (χ4v) is 2.26. The van der Waals surface area contributed by atoms with Crippen LogP contribution in [0.4, 0.5) is 0 Å². The number of nitrogens with zero attached hydrogens (tertiary/aromatic N) is 1. The van der Waals surface area contributed by atoms with E-state index >= 15 is 0 Å². The van der Waals surface area contributed by atoms with Crippen LogP contribution in [-0.2, 0) is 6.42 Å². The molecule has 1 fully saturated rings. The normalized spacial score (nSPS) is 16.7. The van der Waals surface area contributed by atoms with Gasteiger partial charge in [-0.1, -0.05) is 30.3 Å². The van der Waals surface area contributed by atoms with Gasteiger partial charge in [-0.2, -0.15) is 0 Å². The van der Waals surface area contributed by atoms with E-state index in [0.717, 1.165) is 6.42 Å². The van der Waals surface area contributed by atoms with Crippen LogP contribution in [0.25, 0.3) is 0 Å². The van der Waals surface area contributed by atoms with Crippen LogP contribution in [0.1, 0.15) is 18.4 Å². The number of rotatable bonds is 4. The molecule has 18 heavy (non-hydrogen) atoms. The van der Waals surface area contributed by atoms with Crippen molar-refractivity contribution in [2.45, 2.75) is 25.3 Å². The number of piperidine rings is 1. The van der Waals surface area contributed by atoms with Crippen molar-refractivity contribution >= 4 is 24.8 Å². The van der Waals surface area contributed by atoms with E-state index in [1.54, 1.807) is 0 Å². The lowest BCUT2D eigenvalue weighted by Gasteiger charge is -2.31. The lowest BCUT2D eigenvalue weighted by molar-refractivity contribution is 0.200. The molecule has 1 saturated heterocycles. The Labute approximate surface area is 122 Å². The second kappa shape index (κ2) is 9.59. The molecule has 1 aromatic rings. The number of hydrogen-bond donors (Lipinski definition) is 2. The average Bonchev–Trinajstić information content (AvgIpc) is 2.38. The topological polar surface area (TPSA) is 41.3 Å². The van der Waals surface area contributed by atoms with Crippen LogP contribution in [0.3, 0.4) is 0 Å². The predicted octanol–water partition coefficient (Wildman–Crippen LogP) is 2.00. The summed E-state index contributed by atoms with van der Waals surface area (Å²) < 4.78 is 0. The standard InChI is InChI=1S/C13H21N3.2ClH/c14-15-13-7-10-16(11-8-13)9-6-12-4-2-1-3-5-12;;/h1-5,13,15H,6-11,14H2;2*1H. The summed E-state index contributed by atoms with van der Waals surface area (Å²) in [5.74, 6) is 5.45. The SMILES string of the molecule is Cl.Cl.NNC1CCN(CCc2ccccc2)CC1. The molecule has 0 radical (unpaired) electrons. The van der Waals surface area contributed by atoms with Crippen LogP contribution in [0.5, 0.6) is 0 Å². The molecule has 0 saturated carbocycles. The molecule has 1 aliphatic rings. The van der Waals surface area contributed by atoms with Crippen LogP contribution in [-0.4, -0.2) is 30.6 Å². The number of hydrogen-bond acceptors (Lipinski definition) is 3. The highest BCUT2D eigenvalue weighted by molar-refractivity contribution is 5.85. The molecule has 0 unspecified atom stereocenters. The minimum absolute atomic E-state index is 0. The van der Waals surface area contributed by atoms with Gasteiger partial charge in [0, 0.05) is 12.6 Å². The van der Waals surface area contributed by atoms with E-state index in [0.29, 0.717) is 6.04 Å². The van der Waals surface area contributed by atoms with Crippen LogP contribution in [0.15, 0.2) is 30.3 Å². The second-order valence-corrected chi connectivity index (χ2v) is 4.52. The molecule has 0 spiro atoms. The van der Waals surface area contributed by atoms with Crippen LogP contribution < -0.4 is 11.3 Å². The molecule has 3 nitrogen and oxygen atoms in total. The molecule has 3 N–H and O–H groups in total. The Bertz CT molecular complexity index is 300. The highest BCUT2D eigenvalue weighted by Crippen LogP contribution is 2.10. The van der Waals surface area contributed by atoms with Gasteiger partial charge >= 0.3 is 0 Å². The third kappa shape index (κ3) is 5.55. The van der Waals surface area contributed by atoms with Crippen molar-refractivity contribution in [1.29, 1.82) is 0 Å². The van der Waals surface area contributed by atoms with Gasteiger partial charge in [0.05, 0.1) is 0 Å². The summed E-state index contributed by atoms with van der Waals surface area (Å²) in [6, 6.07) is 11.2. The summed E-state index contributed by atoms with van der Waals surface area (Å²) in [7, 11) is 0. The molecule has 2 rings (SSSR count).